The van der Waals surface area contributed by atoms with E-state index in [2.05, 4.69) is 10.2 Å². The average molecular weight is 282 g/mol. The Bertz CT molecular complexity index is 590. The third-order valence-corrected chi connectivity index (χ3v) is 3.54. The largest absolute Gasteiger partial charge is 0.457 e. The lowest BCUT2D eigenvalue weighted by Crippen LogP contribution is -2.20. The first-order chi connectivity index (χ1) is 10.3. The monoisotopic (exact) mass is 282 g/mol. The van der Waals surface area contributed by atoms with Crippen molar-refractivity contribution in [3.63, 3.8) is 0 Å². The van der Waals surface area contributed by atoms with Crippen LogP contribution in [0.1, 0.15) is 15.9 Å². The van der Waals surface area contributed by atoms with E-state index in [1.54, 1.807) is 0 Å². The molecule has 1 fully saturated rings. The van der Waals surface area contributed by atoms with Gasteiger partial charge >= 0.3 is 5.97 Å². The zero-order chi connectivity index (χ0) is 14.5. The lowest BCUT2D eigenvalue weighted by Gasteiger charge is -2.16. The summed E-state index contributed by atoms with van der Waals surface area (Å²) in [4.78, 5) is 14.2. The Morgan fingerprint density at radius 3 is 2.52 bits per heavy atom. The van der Waals surface area contributed by atoms with E-state index in [1.165, 1.54) is 0 Å². The number of esters is 1. The van der Waals surface area contributed by atoms with Gasteiger partial charge in [0.05, 0.1) is 12.2 Å². The van der Waals surface area contributed by atoms with E-state index in [0.29, 0.717) is 12.2 Å². The second-order valence-electron chi connectivity index (χ2n) is 5.03. The maximum atomic E-state index is 12.0. The molecule has 0 aliphatic carbocycles. The van der Waals surface area contributed by atoms with Crippen LogP contribution in [-0.2, 0) is 11.3 Å². The van der Waals surface area contributed by atoms with Gasteiger partial charge in [0.2, 0.25) is 0 Å². The van der Waals surface area contributed by atoms with Gasteiger partial charge in [-0.1, -0.05) is 30.3 Å². The Morgan fingerprint density at radius 2 is 1.86 bits per heavy atom. The van der Waals surface area contributed by atoms with Gasteiger partial charge in [-0.05, 0) is 29.8 Å². The molecule has 0 aromatic heterocycles. The first-order valence-corrected chi connectivity index (χ1v) is 7.10. The summed E-state index contributed by atoms with van der Waals surface area (Å²) in [5, 5.41) is 3.28. The number of benzene rings is 2. The molecule has 2 aromatic rings. The predicted octanol–water partition coefficient (Wildman–Crippen LogP) is 2.41. The number of nitrogens with one attached hydrogen (secondary N) is 1. The Balaban J connectivity index is 1.59. The molecule has 0 atom stereocenters. The van der Waals surface area contributed by atoms with Crippen molar-refractivity contribution in [1.29, 1.82) is 0 Å². The molecule has 1 N–H and O–H groups in total. The summed E-state index contributed by atoms with van der Waals surface area (Å²) in [7, 11) is 0. The van der Waals surface area contributed by atoms with E-state index in [0.717, 1.165) is 31.0 Å². The van der Waals surface area contributed by atoms with E-state index in [-0.39, 0.29) is 5.97 Å². The standard InChI is InChI=1S/C17H18N2O2/c20-17(21-12-14-4-2-1-3-5-14)15-6-8-16(9-7-15)19-11-10-18-13-19/h1-9,18H,10-13H2. The molecule has 0 unspecified atom stereocenters. The van der Waals surface area contributed by atoms with E-state index >= 15 is 0 Å². The normalized spacial score (nSPS) is 14.2. The van der Waals surface area contributed by atoms with Crippen molar-refractivity contribution in [3.8, 4) is 0 Å². The molecular weight excluding hydrogens is 264 g/mol. The molecule has 4 heteroatoms. The van der Waals surface area contributed by atoms with Crippen molar-refractivity contribution in [2.24, 2.45) is 0 Å². The molecule has 4 nitrogen and oxygen atoms in total. The Hall–Kier alpha value is -2.33. The van der Waals surface area contributed by atoms with E-state index in [1.807, 2.05) is 54.6 Å². The van der Waals surface area contributed by atoms with Gasteiger partial charge in [-0.25, -0.2) is 4.79 Å². The number of carbonyl (C=O) groups excluding carboxylic acids is 1. The molecule has 21 heavy (non-hydrogen) atoms. The molecule has 0 amide bonds. The van der Waals surface area contributed by atoms with Crippen LogP contribution in [-0.4, -0.2) is 25.7 Å². The van der Waals surface area contributed by atoms with Gasteiger partial charge in [-0.2, -0.15) is 0 Å². The molecule has 1 saturated heterocycles. The Kier molecular flexibility index (Phi) is 4.17. The minimum absolute atomic E-state index is 0.287. The number of ether oxygens (including phenoxy) is 1. The van der Waals surface area contributed by atoms with Gasteiger partial charge in [0.15, 0.2) is 0 Å². The van der Waals surface area contributed by atoms with Crippen molar-refractivity contribution in [3.05, 3.63) is 65.7 Å². The van der Waals surface area contributed by atoms with Gasteiger partial charge < -0.3 is 9.64 Å². The number of anilines is 1. The van der Waals surface area contributed by atoms with Crippen molar-refractivity contribution in [1.82, 2.24) is 5.32 Å². The number of nitrogens with zero attached hydrogens (tertiary/aromatic N) is 1. The summed E-state index contributed by atoms with van der Waals surface area (Å²) in [6.07, 6.45) is 0. The Labute approximate surface area is 124 Å². The smallest absolute Gasteiger partial charge is 0.338 e. The van der Waals surface area contributed by atoms with Crippen molar-refractivity contribution in [2.45, 2.75) is 6.61 Å². The fourth-order valence-corrected chi connectivity index (χ4v) is 2.34. The highest BCUT2D eigenvalue weighted by atomic mass is 16.5. The molecule has 1 heterocycles. The first-order valence-electron chi connectivity index (χ1n) is 7.10. The highest BCUT2D eigenvalue weighted by Crippen LogP contribution is 2.16. The lowest BCUT2D eigenvalue weighted by atomic mass is 10.2. The maximum Gasteiger partial charge on any atom is 0.338 e. The molecule has 108 valence electrons. The van der Waals surface area contributed by atoms with Crippen LogP contribution in [0.5, 0.6) is 0 Å². The summed E-state index contributed by atoms with van der Waals surface area (Å²) >= 11 is 0. The number of rotatable bonds is 4. The van der Waals surface area contributed by atoms with Gasteiger partial charge in [-0.15, -0.1) is 0 Å². The first kappa shape index (κ1) is 13.6. The third kappa shape index (κ3) is 3.41. The minimum atomic E-state index is -0.287. The Morgan fingerprint density at radius 1 is 1.10 bits per heavy atom. The fraction of sp³-hybridized carbons (Fsp3) is 0.235. The van der Waals surface area contributed by atoms with Gasteiger partial charge in [0, 0.05) is 18.8 Å². The number of hydrogen-bond acceptors (Lipinski definition) is 4. The van der Waals surface area contributed by atoms with E-state index in [9.17, 15) is 4.79 Å². The van der Waals surface area contributed by atoms with Gasteiger partial charge in [-0.3, -0.25) is 5.32 Å². The minimum Gasteiger partial charge on any atom is -0.457 e. The zero-order valence-electron chi connectivity index (χ0n) is 11.8. The van der Waals surface area contributed by atoms with Crippen LogP contribution in [0.15, 0.2) is 54.6 Å². The van der Waals surface area contributed by atoms with Crippen LogP contribution < -0.4 is 10.2 Å². The summed E-state index contributed by atoms with van der Waals surface area (Å²) < 4.78 is 5.31. The van der Waals surface area contributed by atoms with Crippen LogP contribution >= 0.6 is 0 Å². The van der Waals surface area contributed by atoms with Gasteiger partial charge in [0.1, 0.15) is 6.61 Å². The zero-order valence-corrected chi connectivity index (χ0v) is 11.8. The topological polar surface area (TPSA) is 41.6 Å². The van der Waals surface area contributed by atoms with Crippen LogP contribution in [0.25, 0.3) is 0 Å². The van der Waals surface area contributed by atoms with Gasteiger partial charge in [0.25, 0.3) is 0 Å². The van der Waals surface area contributed by atoms with Crippen LogP contribution in [0.2, 0.25) is 0 Å². The molecular formula is C17H18N2O2. The summed E-state index contributed by atoms with van der Waals surface area (Å²) in [6.45, 7) is 3.16. The molecule has 1 aliphatic rings. The van der Waals surface area contributed by atoms with Crippen molar-refractivity contribution in [2.75, 3.05) is 24.7 Å². The maximum absolute atomic E-state index is 12.0. The molecule has 0 spiro atoms. The highest BCUT2D eigenvalue weighted by Gasteiger charge is 2.13. The molecule has 1 aliphatic heterocycles. The van der Waals surface area contributed by atoms with Crippen LogP contribution in [0.3, 0.4) is 0 Å². The molecule has 2 aromatic carbocycles. The lowest BCUT2D eigenvalue weighted by molar-refractivity contribution is 0.0473. The third-order valence-electron chi connectivity index (χ3n) is 3.54. The number of hydrogen-bond donors (Lipinski definition) is 1. The summed E-state index contributed by atoms with van der Waals surface area (Å²) in [6, 6.07) is 17.3. The fourth-order valence-electron chi connectivity index (χ4n) is 2.34. The van der Waals surface area contributed by atoms with Crippen LogP contribution in [0.4, 0.5) is 5.69 Å². The van der Waals surface area contributed by atoms with Crippen molar-refractivity contribution >= 4 is 11.7 Å². The second kappa shape index (κ2) is 6.41. The van der Waals surface area contributed by atoms with E-state index in [4.69, 9.17) is 4.74 Å². The molecule has 3 rings (SSSR count). The van der Waals surface area contributed by atoms with Crippen LogP contribution in [0, 0.1) is 0 Å². The highest BCUT2D eigenvalue weighted by molar-refractivity contribution is 5.89. The predicted molar refractivity (Wildman–Crippen MR) is 82.2 cm³/mol. The molecule has 0 bridgehead atoms. The summed E-state index contributed by atoms with van der Waals surface area (Å²) in [5.41, 5.74) is 2.70. The second-order valence-corrected chi connectivity index (χ2v) is 5.03. The quantitative estimate of drug-likeness (QED) is 0.874. The van der Waals surface area contributed by atoms with E-state index < -0.39 is 0 Å². The van der Waals surface area contributed by atoms with Crippen molar-refractivity contribution < 1.29 is 9.53 Å². The average Bonchev–Trinajstić information content (AvgIpc) is 3.08. The molecule has 0 saturated carbocycles. The molecule has 0 radical (unpaired) electrons. The summed E-state index contributed by atoms with van der Waals surface area (Å²) in [5.74, 6) is -0.287. The number of carbonyl (C=O) groups is 1. The SMILES string of the molecule is O=C(OCc1ccccc1)c1ccc(N2CCNC2)cc1.